The second kappa shape index (κ2) is 4.32. The number of hydrogen-bond acceptors (Lipinski definition) is 3. The Kier molecular flexibility index (Phi) is 4.05. The van der Waals surface area contributed by atoms with Crippen LogP contribution in [-0.4, -0.2) is 40.0 Å². The maximum atomic E-state index is 10.6. The summed E-state index contributed by atoms with van der Waals surface area (Å²) in [7, 11) is 3.30. The highest BCUT2D eigenvalue weighted by molar-refractivity contribution is 7.82. The number of carbonyl (C=O) groups is 1. The van der Waals surface area contributed by atoms with E-state index in [0.717, 1.165) is 0 Å². The van der Waals surface area contributed by atoms with Gasteiger partial charge in [-0.25, -0.2) is 0 Å². The van der Waals surface area contributed by atoms with Crippen LogP contribution in [0.3, 0.4) is 0 Å². The Morgan fingerprint density at radius 1 is 1.50 bits per heavy atom. The van der Waals surface area contributed by atoms with Gasteiger partial charge in [0, 0.05) is 14.1 Å². The topological polar surface area (TPSA) is 66.6 Å². The Morgan fingerprint density at radius 2 is 1.92 bits per heavy atom. The Morgan fingerprint density at radius 3 is 2.00 bits per heavy atom. The van der Waals surface area contributed by atoms with Crippen molar-refractivity contribution in [3.05, 3.63) is 0 Å². The minimum Gasteiger partial charge on any atom is -0.480 e. The summed E-state index contributed by atoms with van der Waals surface area (Å²) in [6.45, 7) is 0. The summed E-state index contributed by atoms with van der Waals surface area (Å²) < 4.78 is 0. The zero-order valence-electron chi connectivity index (χ0n) is 6.77. The standard InChI is InChI=1S/C6H10N2O2S2/c1-8(2)5(12)3(4(7)11)6(9)10/h3H,1-2H3,(H2,7,11)(H,9,10). The van der Waals surface area contributed by atoms with Gasteiger partial charge in [0.05, 0.1) is 9.98 Å². The van der Waals surface area contributed by atoms with E-state index in [1.165, 1.54) is 4.90 Å². The first-order valence-electron chi connectivity index (χ1n) is 3.11. The van der Waals surface area contributed by atoms with E-state index in [2.05, 4.69) is 12.2 Å². The van der Waals surface area contributed by atoms with Crippen LogP contribution in [0.4, 0.5) is 0 Å². The van der Waals surface area contributed by atoms with Gasteiger partial charge in [-0.15, -0.1) is 0 Å². The quantitative estimate of drug-likeness (QED) is 0.627. The van der Waals surface area contributed by atoms with Gasteiger partial charge in [0.2, 0.25) is 0 Å². The van der Waals surface area contributed by atoms with Crippen molar-refractivity contribution in [2.75, 3.05) is 14.1 Å². The third-order valence-corrected chi connectivity index (χ3v) is 2.06. The maximum Gasteiger partial charge on any atom is 0.320 e. The van der Waals surface area contributed by atoms with Gasteiger partial charge < -0.3 is 15.7 Å². The summed E-state index contributed by atoms with van der Waals surface area (Å²) in [6, 6.07) is 0. The molecular formula is C6H10N2O2S2. The van der Waals surface area contributed by atoms with E-state index in [1.54, 1.807) is 14.1 Å². The minimum absolute atomic E-state index is 0.110. The lowest BCUT2D eigenvalue weighted by Gasteiger charge is -2.18. The number of nitrogens with zero attached hydrogens (tertiary/aromatic N) is 1. The molecule has 0 aromatic carbocycles. The number of rotatable bonds is 3. The smallest absolute Gasteiger partial charge is 0.320 e. The zero-order chi connectivity index (χ0) is 9.89. The lowest BCUT2D eigenvalue weighted by atomic mass is 10.1. The molecule has 0 aliphatic heterocycles. The Balaban J connectivity index is 4.64. The summed E-state index contributed by atoms with van der Waals surface area (Å²) in [5, 5.41) is 8.68. The molecule has 0 fully saturated rings. The molecule has 0 rings (SSSR count). The van der Waals surface area contributed by atoms with E-state index in [1.807, 2.05) is 0 Å². The molecule has 0 saturated carbocycles. The zero-order valence-corrected chi connectivity index (χ0v) is 8.41. The van der Waals surface area contributed by atoms with Gasteiger partial charge >= 0.3 is 5.97 Å². The fraction of sp³-hybridized carbons (Fsp3) is 0.500. The monoisotopic (exact) mass is 206 g/mol. The van der Waals surface area contributed by atoms with E-state index >= 15 is 0 Å². The third kappa shape index (κ3) is 2.71. The van der Waals surface area contributed by atoms with Crippen molar-refractivity contribution in [2.45, 2.75) is 0 Å². The van der Waals surface area contributed by atoms with Gasteiger partial charge in [0.15, 0.2) is 5.92 Å². The molecule has 0 aliphatic carbocycles. The molecule has 0 aliphatic rings. The molecule has 1 unspecified atom stereocenters. The summed E-state index contributed by atoms with van der Waals surface area (Å²) >= 11 is 9.40. The number of nitrogens with two attached hydrogens (primary N) is 1. The fourth-order valence-corrected chi connectivity index (χ4v) is 1.12. The van der Waals surface area contributed by atoms with Crippen molar-refractivity contribution in [3.8, 4) is 0 Å². The van der Waals surface area contributed by atoms with Gasteiger partial charge in [-0.1, -0.05) is 24.4 Å². The van der Waals surface area contributed by atoms with Gasteiger partial charge in [0.25, 0.3) is 0 Å². The number of carboxylic acids is 1. The molecule has 0 aromatic rings. The molecule has 0 saturated heterocycles. The predicted octanol–water partition coefficient (Wildman–Crippen LogP) is -0.138. The molecule has 0 bridgehead atoms. The van der Waals surface area contributed by atoms with Crippen LogP contribution >= 0.6 is 24.4 Å². The molecule has 0 radical (unpaired) electrons. The second-order valence-electron chi connectivity index (χ2n) is 2.41. The molecule has 1 atom stereocenters. The SMILES string of the molecule is CN(C)C(=S)C(C(=O)O)C(N)=S. The van der Waals surface area contributed by atoms with Crippen molar-refractivity contribution in [2.24, 2.45) is 11.7 Å². The predicted molar refractivity (Wildman–Crippen MR) is 54.2 cm³/mol. The highest BCUT2D eigenvalue weighted by Gasteiger charge is 2.26. The number of carboxylic acid groups (broad SMARTS) is 1. The first kappa shape index (κ1) is 11.2. The Bertz CT molecular complexity index is 214. The molecule has 0 amide bonds. The Labute approximate surface area is 81.3 Å². The van der Waals surface area contributed by atoms with Crippen molar-refractivity contribution in [1.29, 1.82) is 0 Å². The summed E-state index contributed by atoms with van der Waals surface area (Å²) in [5.74, 6) is -2.15. The molecule has 0 heterocycles. The highest BCUT2D eigenvalue weighted by atomic mass is 32.1. The van der Waals surface area contributed by atoms with Crippen LogP contribution in [0.2, 0.25) is 0 Å². The number of aliphatic carboxylic acids is 1. The molecule has 3 N–H and O–H groups in total. The normalized spacial score (nSPS) is 11.8. The van der Waals surface area contributed by atoms with Crippen LogP contribution in [0.15, 0.2) is 0 Å². The van der Waals surface area contributed by atoms with Crippen molar-refractivity contribution >= 4 is 40.4 Å². The average molecular weight is 206 g/mol. The summed E-state index contributed by atoms with van der Waals surface area (Å²) in [4.78, 5) is 12.2. The number of hydrogen-bond donors (Lipinski definition) is 2. The molecule has 0 aromatic heterocycles. The van der Waals surface area contributed by atoms with Gasteiger partial charge in [-0.05, 0) is 0 Å². The third-order valence-electron chi connectivity index (χ3n) is 1.22. The van der Waals surface area contributed by atoms with Crippen LogP contribution in [0.25, 0.3) is 0 Å². The lowest BCUT2D eigenvalue weighted by Crippen LogP contribution is -2.40. The van der Waals surface area contributed by atoms with Crippen molar-refractivity contribution in [1.82, 2.24) is 4.90 Å². The van der Waals surface area contributed by atoms with Gasteiger partial charge in [0.1, 0.15) is 0 Å². The van der Waals surface area contributed by atoms with Crippen LogP contribution in [0.1, 0.15) is 0 Å². The van der Waals surface area contributed by atoms with Gasteiger partial charge in [-0.3, -0.25) is 4.79 Å². The molecule has 6 heteroatoms. The van der Waals surface area contributed by atoms with E-state index in [0.29, 0.717) is 0 Å². The first-order valence-corrected chi connectivity index (χ1v) is 3.93. The van der Waals surface area contributed by atoms with E-state index < -0.39 is 11.9 Å². The van der Waals surface area contributed by atoms with E-state index in [4.69, 9.17) is 23.1 Å². The highest BCUT2D eigenvalue weighted by Crippen LogP contribution is 2.03. The first-order chi connectivity index (χ1) is 5.37. The molecule has 12 heavy (non-hydrogen) atoms. The van der Waals surface area contributed by atoms with Crippen LogP contribution < -0.4 is 5.73 Å². The maximum absolute atomic E-state index is 10.6. The molecule has 0 spiro atoms. The van der Waals surface area contributed by atoms with Crippen LogP contribution in [0.5, 0.6) is 0 Å². The van der Waals surface area contributed by atoms with E-state index in [-0.39, 0.29) is 9.98 Å². The van der Waals surface area contributed by atoms with Crippen LogP contribution in [0, 0.1) is 5.92 Å². The van der Waals surface area contributed by atoms with Crippen molar-refractivity contribution in [3.63, 3.8) is 0 Å². The summed E-state index contributed by atoms with van der Waals surface area (Å²) in [6.07, 6.45) is 0. The molecular weight excluding hydrogens is 196 g/mol. The van der Waals surface area contributed by atoms with Gasteiger partial charge in [-0.2, -0.15) is 0 Å². The largest absolute Gasteiger partial charge is 0.480 e. The van der Waals surface area contributed by atoms with E-state index in [9.17, 15) is 4.79 Å². The molecule has 4 nitrogen and oxygen atoms in total. The fourth-order valence-electron chi connectivity index (χ4n) is 0.607. The lowest BCUT2D eigenvalue weighted by molar-refractivity contribution is -0.137. The minimum atomic E-state index is -1.11. The Hall–Kier alpha value is -0.750. The van der Waals surface area contributed by atoms with Crippen LogP contribution in [-0.2, 0) is 4.79 Å². The molecule has 68 valence electrons. The van der Waals surface area contributed by atoms with Crippen molar-refractivity contribution < 1.29 is 9.90 Å². The average Bonchev–Trinajstić information content (AvgIpc) is 1.85. The summed E-state index contributed by atoms with van der Waals surface area (Å²) in [5.41, 5.74) is 5.21. The second-order valence-corrected chi connectivity index (χ2v) is 3.30. The number of thiocarbonyl (C=S) groups is 2.